The van der Waals surface area contributed by atoms with Crippen LogP contribution in [0, 0.1) is 23.7 Å². The summed E-state index contributed by atoms with van der Waals surface area (Å²) < 4.78 is 10.7. The first-order valence-corrected chi connectivity index (χ1v) is 9.78. The fourth-order valence-corrected chi connectivity index (χ4v) is 4.86. The van der Waals surface area contributed by atoms with Gasteiger partial charge in [-0.05, 0) is 42.6 Å². The van der Waals surface area contributed by atoms with E-state index in [4.69, 9.17) is 9.47 Å². The van der Waals surface area contributed by atoms with E-state index in [0.29, 0.717) is 24.2 Å². The minimum Gasteiger partial charge on any atom is -0.462 e. The molecule has 1 saturated heterocycles. The third kappa shape index (κ3) is 4.37. The normalized spacial score (nSPS) is 39.6. The summed E-state index contributed by atoms with van der Waals surface area (Å²) in [5, 5.41) is 10.7. The summed E-state index contributed by atoms with van der Waals surface area (Å²) in [4.78, 5) is 23.0. The number of esters is 2. The van der Waals surface area contributed by atoms with Gasteiger partial charge in [-0.1, -0.05) is 32.1 Å². The van der Waals surface area contributed by atoms with Crippen LogP contribution in [0.1, 0.15) is 52.9 Å². The van der Waals surface area contributed by atoms with Gasteiger partial charge in [-0.25, -0.2) is 0 Å². The van der Waals surface area contributed by atoms with Crippen LogP contribution in [0.5, 0.6) is 0 Å². The zero-order valence-electron chi connectivity index (χ0n) is 15.9. The van der Waals surface area contributed by atoms with Gasteiger partial charge in [0.05, 0.1) is 12.5 Å². The number of carbonyl (C=O) groups is 2. The third-order valence-corrected chi connectivity index (χ3v) is 5.99. The van der Waals surface area contributed by atoms with E-state index in [-0.39, 0.29) is 42.6 Å². The van der Waals surface area contributed by atoms with Crippen molar-refractivity contribution in [2.75, 3.05) is 0 Å². The molecule has 0 aromatic carbocycles. The van der Waals surface area contributed by atoms with E-state index < -0.39 is 0 Å². The number of hydrogen-bond acceptors (Lipinski definition) is 5. The molecule has 5 heteroatoms. The van der Waals surface area contributed by atoms with Crippen LogP contribution in [-0.2, 0) is 19.1 Å². The van der Waals surface area contributed by atoms with Gasteiger partial charge in [0.15, 0.2) is 0 Å². The topological polar surface area (TPSA) is 72.8 Å². The van der Waals surface area contributed by atoms with E-state index in [2.05, 4.69) is 32.1 Å². The number of rotatable bonds is 4. The SMILES string of the molecule is CC(=O)OC1CC(=O)OC(CCC2C(C)C=CC3=CC(C)CC(O)C32)C1. The van der Waals surface area contributed by atoms with Crippen LogP contribution < -0.4 is 0 Å². The zero-order chi connectivity index (χ0) is 18.8. The summed E-state index contributed by atoms with van der Waals surface area (Å²) >= 11 is 0. The smallest absolute Gasteiger partial charge is 0.309 e. The number of hydrogen-bond donors (Lipinski definition) is 1. The monoisotopic (exact) mass is 362 g/mol. The number of allylic oxidation sites excluding steroid dienone is 3. The second-order valence-corrected chi connectivity index (χ2v) is 8.22. The highest BCUT2D eigenvalue weighted by Gasteiger charge is 2.39. The highest BCUT2D eigenvalue weighted by atomic mass is 16.6. The number of fused-ring (bicyclic) bond motifs is 1. The number of ether oxygens (including phenoxy) is 2. The molecule has 1 aliphatic heterocycles. The van der Waals surface area contributed by atoms with Crippen molar-refractivity contribution in [3.05, 3.63) is 23.8 Å². The minimum atomic E-state index is -0.376. The molecule has 7 atom stereocenters. The van der Waals surface area contributed by atoms with Crippen molar-refractivity contribution in [2.24, 2.45) is 23.7 Å². The van der Waals surface area contributed by atoms with Crippen LogP contribution in [0.15, 0.2) is 23.8 Å². The molecular formula is C21H30O5. The fraction of sp³-hybridized carbons (Fsp3) is 0.714. The van der Waals surface area contributed by atoms with Crippen molar-refractivity contribution in [3.63, 3.8) is 0 Å². The number of carbonyl (C=O) groups excluding carboxylic acids is 2. The number of aliphatic hydroxyl groups is 1. The fourth-order valence-electron chi connectivity index (χ4n) is 4.86. The lowest BCUT2D eigenvalue weighted by atomic mass is 9.65. The molecule has 1 N–H and O–H groups in total. The van der Waals surface area contributed by atoms with Gasteiger partial charge in [0, 0.05) is 19.3 Å². The highest BCUT2D eigenvalue weighted by Crippen LogP contribution is 2.44. The Balaban J connectivity index is 1.64. The Morgan fingerprint density at radius 3 is 2.81 bits per heavy atom. The molecule has 144 valence electrons. The lowest BCUT2D eigenvalue weighted by molar-refractivity contribution is -0.168. The summed E-state index contributed by atoms with van der Waals surface area (Å²) in [6, 6.07) is 0. The molecule has 26 heavy (non-hydrogen) atoms. The van der Waals surface area contributed by atoms with E-state index in [1.807, 2.05) is 0 Å². The van der Waals surface area contributed by atoms with Crippen LogP contribution in [0.2, 0.25) is 0 Å². The molecule has 0 aromatic rings. The van der Waals surface area contributed by atoms with Gasteiger partial charge in [-0.15, -0.1) is 0 Å². The van der Waals surface area contributed by atoms with Gasteiger partial charge in [0.25, 0.3) is 0 Å². The summed E-state index contributed by atoms with van der Waals surface area (Å²) in [6.45, 7) is 5.70. The molecule has 0 amide bonds. The average Bonchev–Trinajstić information content (AvgIpc) is 2.53. The molecule has 3 rings (SSSR count). The summed E-state index contributed by atoms with van der Waals surface area (Å²) in [5.41, 5.74) is 1.25. The maximum absolute atomic E-state index is 11.8. The number of aliphatic hydroxyl groups excluding tert-OH is 1. The summed E-state index contributed by atoms with van der Waals surface area (Å²) in [6.07, 6.45) is 8.90. The van der Waals surface area contributed by atoms with Gasteiger partial charge in [-0.2, -0.15) is 0 Å². The molecule has 7 unspecified atom stereocenters. The van der Waals surface area contributed by atoms with Crippen molar-refractivity contribution in [1.29, 1.82) is 0 Å². The average molecular weight is 362 g/mol. The lowest BCUT2D eigenvalue weighted by Crippen LogP contribution is -2.39. The van der Waals surface area contributed by atoms with Crippen LogP contribution in [0.3, 0.4) is 0 Å². The second kappa shape index (κ2) is 7.95. The van der Waals surface area contributed by atoms with Gasteiger partial charge in [-0.3, -0.25) is 9.59 Å². The predicted molar refractivity (Wildman–Crippen MR) is 97.1 cm³/mol. The highest BCUT2D eigenvalue weighted by molar-refractivity contribution is 5.72. The second-order valence-electron chi connectivity index (χ2n) is 8.22. The largest absolute Gasteiger partial charge is 0.462 e. The third-order valence-electron chi connectivity index (χ3n) is 5.99. The first-order chi connectivity index (χ1) is 12.3. The maximum atomic E-state index is 11.8. The number of cyclic esters (lactones) is 1. The molecule has 0 radical (unpaired) electrons. The zero-order valence-corrected chi connectivity index (χ0v) is 15.9. The van der Waals surface area contributed by atoms with Gasteiger partial charge in [0.1, 0.15) is 12.2 Å². The molecule has 3 aliphatic rings. The Hall–Kier alpha value is -1.62. The Labute approximate surface area is 155 Å². The molecule has 0 bridgehead atoms. The minimum absolute atomic E-state index is 0.144. The molecule has 0 saturated carbocycles. The van der Waals surface area contributed by atoms with Crippen LogP contribution in [-0.4, -0.2) is 35.4 Å². The molecule has 1 heterocycles. The van der Waals surface area contributed by atoms with E-state index >= 15 is 0 Å². The van der Waals surface area contributed by atoms with Crippen LogP contribution in [0.25, 0.3) is 0 Å². The van der Waals surface area contributed by atoms with E-state index in [9.17, 15) is 14.7 Å². The van der Waals surface area contributed by atoms with Crippen LogP contribution >= 0.6 is 0 Å². The van der Waals surface area contributed by atoms with Crippen LogP contribution in [0.4, 0.5) is 0 Å². The first kappa shape index (κ1) is 19.2. The quantitative estimate of drug-likeness (QED) is 0.778. The van der Waals surface area contributed by atoms with Crippen molar-refractivity contribution in [2.45, 2.75) is 71.2 Å². The molecule has 0 spiro atoms. The molecule has 0 aromatic heterocycles. The molecular weight excluding hydrogens is 332 g/mol. The van der Waals surface area contributed by atoms with Crippen molar-refractivity contribution in [3.8, 4) is 0 Å². The van der Waals surface area contributed by atoms with Crippen molar-refractivity contribution >= 4 is 11.9 Å². The lowest BCUT2D eigenvalue weighted by Gasteiger charge is -2.42. The summed E-state index contributed by atoms with van der Waals surface area (Å²) in [7, 11) is 0. The van der Waals surface area contributed by atoms with E-state index in [1.165, 1.54) is 12.5 Å². The molecule has 2 aliphatic carbocycles. The first-order valence-electron chi connectivity index (χ1n) is 9.78. The van der Waals surface area contributed by atoms with Crippen molar-refractivity contribution in [1.82, 2.24) is 0 Å². The standard InChI is InChI=1S/C21H30O5/c1-12-8-15-5-4-13(2)18(21(15)19(23)9-12)7-6-16-10-17(25-14(3)22)11-20(24)26-16/h4-5,8,12-13,16-19,21,23H,6-7,9-11H2,1-3H3. The Kier molecular flexibility index (Phi) is 5.86. The van der Waals surface area contributed by atoms with Gasteiger partial charge < -0.3 is 14.6 Å². The predicted octanol–water partition coefficient (Wildman–Crippen LogP) is 3.17. The Bertz CT molecular complexity index is 606. The summed E-state index contributed by atoms with van der Waals surface area (Å²) in [5.74, 6) is 0.624. The van der Waals surface area contributed by atoms with E-state index in [0.717, 1.165) is 19.3 Å². The van der Waals surface area contributed by atoms with Crippen molar-refractivity contribution < 1.29 is 24.2 Å². The maximum Gasteiger partial charge on any atom is 0.309 e. The molecule has 5 nitrogen and oxygen atoms in total. The molecule has 1 fully saturated rings. The van der Waals surface area contributed by atoms with Gasteiger partial charge in [0.2, 0.25) is 0 Å². The van der Waals surface area contributed by atoms with Gasteiger partial charge >= 0.3 is 11.9 Å². The Morgan fingerprint density at radius 2 is 2.08 bits per heavy atom. The van der Waals surface area contributed by atoms with E-state index in [1.54, 1.807) is 0 Å². The Morgan fingerprint density at radius 1 is 1.31 bits per heavy atom.